The fourth-order valence-electron chi connectivity index (χ4n) is 4.73. The Bertz CT molecular complexity index is 1230. The van der Waals surface area contributed by atoms with Crippen LogP contribution in [0.5, 0.6) is 0 Å². The first-order chi connectivity index (χ1) is 15.2. The van der Waals surface area contributed by atoms with E-state index in [1.54, 1.807) is 23.7 Å². The summed E-state index contributed by atoms with van der Waals surface area (Å²) in [5.74, 6) is -4.64. The van der Waals surface area contributed by atoms with Crippen LogP contribution in [0.25, 0.3) is 11.3 Å². The lowest BCUT2D eigenvalue weighted by molar-refractivity contribution is 0.0672. The molecule has 0 N–H and O–H groups in total. The molecule has 1 aliphatic carbocycles. The van der Waals surface area contributed by atoms with Crippen LogP contribution in [-0.4, -0.2) is 43.1 Å². The molecule has 5 rings (SSSR count). The number of hydrogen-bond acceptors (Lipinski definition) is 3. The molecule has 3 heterocycles. The molecule has 1 aromatic carbocycles. The average molecular weight is 447 g/mol. The van der Waals surface area contributed by atoms with Crippen molar-refractivity contribution in [1.82, 2.24) is 24.5 Å². The number of rotatable bonds is 3. The third kappa shape index (κ3) is 3.03. The van der Waals surface area contributed by atoms with Gasteiger partial charge in [-0.1, -0.05) is 0 Å². The number of carbonyl (C=O) groups is 1. The van der Waals surface area contributed by atoms with Gasteiger partial charge in [0.05, 0.1) is 34.9 Å². The number of amides is 1. The highest BCUT2D eigenvalue weighted by Gasteiger charge is 2.44. The molecule has 3 atom stereocenters. The number of halogens is 4. The maximum absolute atomic E-state index is 13.8. The van der Waals surface area contributed by atoms with E-state index in [0.29, 0.717) is 42.0 Å². The fourth-order valence-corrected chi connectivity index (χ4v) is 4.73. The van der Waals surface area contributed by atoms with Crippen molar-refractivity contribution in [3.05, 3.63) is 58.3 Å². The summed E-state index contributed by atoms with van der Waals surface area (Å²) in [6.45, 7) is 2.17. The SMILES string of the molecule is C[C@H]1c2nn(C)c(-c3cc(F)c(F)c(F)c3)c2CCN1C(=O)c1cnn(C)c1[C@H]1CC1F. The summed E-state index contributed by atoms with van der Waals surface area (Å²) in [5, 5.41) is 8.67. The van der Waals surface area contributed by atoms with Crippen LogP contribution in [0, 0.1) is 17.5 Å². The molecule has 0 radical (unpaired) electrons. The van der Waals surface area contributed by atoms with Crippen LogP contribution in [0.1, 0.15) is 52.6 Å². The van der Waals surface area contributed by atoms with E-state index in [1.165, 1.54) is 10.9 Å². The highest BCUT2D eigenvalue weighted by molar-refractivity contribution is 5.96. The van der Waals surface area contributed by atoms with Gasteiger partial charge in [0, 0.05) is 37.7 Å². The van der Waals surface area contributed by atoms with Gasteiger partial charge >= 0.3 is 0 Å². The van der Waals surface area contributed by atoms with E-state index in [0.717, 1.165) is 17.7 Å². The number of nitrogens with zero attached hydrogens (tertiary/aromatic N) is 5. The Kier molecular flexibility index (Phi) is 4.65. The predicted octanol–water partition coefficient (Wildman–Crippen LogP) is 3.82. The van der Waals surface area contributed by atoms with E-state index in [4.69, 9.17) is 0 Å². The molecule has 2 aliphatic rings. The predicted molar refractivity (Wildman–Crippen MR) is 107 cm³/mol. The van der Waals surface area contributed by atoms with Crippen LogP contribution in [0.2, 0.25) is 0 Å². The summed E-state index contributed by atoms with van der Waals surface area (Å²) in [6.07, 6.45) is 1.30. The van der Waals surface area contributed by atoms with E-state index in [1.807, 2.05) is 6.92 Å². The van der Waals surface area contributed by atoms with Gasteiger partial charge in [-0.3, -0.25) is 14.2 Å². The van der Waals surface area contributed by atoms with E-state index >= 15 is 0 Å². The fraction of sp³-hybridized carbons (Fsp3) is 0.409. The summed E-state index contributed by atoms with van der Waals surface area (Å²) >= 11 is 0. The second-order valence-electron chi connectivity index (χ2n) is 8.44. The van der Waals surface area contributed by atoms with Crippen molar-refractivity contribution >= 4 is 5.91 Å². The first-order valence-electron chi connectivity index (χ1n) is 10.4. The first-order valence-corrected chi connectivity index (χ1v) is 10.4. The molecular weight excluding hydrogens is 426 g/mol. The molecule has 0 spiro atoms. The molecule has 2 aromatic heterocycles. The van der Waals surface area contributed by atoms with Crippen molar-refractivity contribution in [2.75, 3.05) is 6.54 Å². The van der Waals surface area contributed by atoms with Crippen molar-refractivity contribution in [1.29, 1.82) is 0 Å². The molecule has 3 aromatic rings. The monoisotopic (exact) mass is 447 g/mol. The minimum absolute atomic E-state index is 0.182. The normalized spacial score (nSPS) is 22.2. The zero-order chi connectivity index (χ0) is 22.9. The molecule has 0 bridgehead atoms. The van der Waals surface area contributed by atoms with E-state index in [2.05, 4.69) is 10.2 Å². The minimum atomic E-state index is -1.52. The Hall–Kier alpha value is -3.17. The molecule has 6 nitrogen and oxygen atoms in total. The lowest BCUT2D eigenvalue weighted by atomic mass is 9.95. The molecule has 168 valence electrons. The highest BCUT2D eigenvalue weighted by Crippen LogP contribution is 2.45. The number of aryl methyl sites for hydroxylation is 2. The third-order valence-corrected chi connectivity index (χ3v) is 6.44. The standard InChI is InChI=1S/C22H21F4N5O/c1-10-19-12(20(30(3)28-19)11-6-16(24)18(26)17(25)7-11)4-5-31(10)22(32)14-9-27-29(2)21(14)13-8-15(13)23/h6-7,9-10,13,15H,4-5,8H2,1-3H3/t10-,13-,15?/m0/s1. The second kappa shape index (κ2) is 7.18. The van der Waals surface area contributed by atoms with E-state index in [-0.39, 0.29) is 17.4 Å². The summed E-state index contributed by atoms with van der Waals surface area (Å²) in [7, 11) is 3.33. The quantitative estimate of drug-likeness (QED) is 0.453. The largest absolute Gasteiger partial charge is 0.330 e. The van der Waals surface area contributed by atoms with Gasteiger partial charge < -0.3 is 4.90 Å². The number of hydrogen-bond donors (Lipinski definition) is 0. The Labute approximate surface area is 181 Å². The van der Waals surface area contributed by atoms with Crippen molar-refractivity contribution in [2.45, 2.75) is 37.9 Å². The van der Waals surface area contributed by atoms with Gasteiger partial charge in [-0.05, 0) is 31.9 Å². The number of aromatic nitrogens is 4. The van der Waals surface area contributed by atoms with Crippen LogP contribution in [0.15, 0.2) is 18.3 Å². The molecular formula is C22H21F4N5O. The summed E-state index contributed by atoms with van der Waals surface area (Å²) in [5.41, 5.74) is 3.00. The van der Waals surface area contributed by atoms with Gasteiger partial charge in [0.25, 0.3) is 5.91 Å². The van der Waals surface area contributed by atoms with Gasteiger partial charge in [0.1, 0.15) is 6.17 Å². The first kappa shape index (κ1) is 20.7. The van der Waals surface area contributed by atoms with Crippen molar-refractivity contribution < 1.29 is 22.4 Å². The van der Waals surface area contributed by atoms with E-state index < -0.39 is 29.7 Å². The van der Waals surface area contributed by atoms with Gasteiger partial charge in [-0.25, -0.2) is 17.6 Å². The molecule has 10 heteroatoms. The number of fused-ring (bicyclic) bond motifs is 1. The topological polar surface area (TPSA) is 56.0 Å². The van der Waals surface area contributed by atoms with Gasteiger partial charge in [0.15, 0.2) is 17.5 Å². The second-order valence-corrected chi connectivity index (χ2v) is 8.44. The highest BCUT2D eigenvalue weighted by atomic mass is 19.2. The van der Waals surface area contributed by atoms with Gasteiger partial charge in [-0.15, -0.1) is 0 Å². The molecule has 32 heavy (non-hydrogen) atoms. The summed E-state index contributed by atoms with van der Waals surface area (Å²) in [4.78, 5) is 15.0. The number of alkyl halides is 1. The maximum Gasteiger partial charge on any atom is 0.257 e. The van der Waals surface area contributed by atoms with Crippen LogP contribution in [-0.2, 0) is 20.5 Å². The zero-order valence-electron chi connectivity index (χ0n) is 17.7. The molecule has 1 fully saturated rings. The smallest absolute Gasteiger partial charge is 0.257 e. The minimum Gasteiger partial charge on any atom is -0.330 e. The summed E-state index contributed by atoms with van der Waals surface area (Å²) < 4.78 is 57.9. The zero-order valence-corrected chi connectivity index (χ0v) is 17.7. The Morgan fingerprint density at radius 2 is 1.78 bits per heavy atom. The Balaban J connectivity index is 1.50. The number of carbonyl (C=O) groups excluding carboxylic acids is 1. The van der Waals surface area contributed by atoms with Crippen LogP contribution >= 0.6 is 0 Å². The molecule has 0 saturated heterocycles. The van der Waals surface area contributed by atoms with Gasteiger partial charge in [0.2, 0.25) is 0 Å². The van der Waals surface area contributed by atoms with Gasteiger partial charge in [-0.2, -0.15) is 10.2 Å². The lowest BCUT2D eigenvalue weighted by Gasteiger charge is -2.33. The Morgan fingerprint density at radius 1 is 1.12 bits per heavy atom. The van der Waals surface area contributed by atoms with Crippen LogP contribution < -0.4 is 0 Å². The van der Waals surface area contributed by atoms with Crippen LogP contribution in [0.3, 0.4) is 0 Å². The summed E-state index contributed by atoms with van der Waals surface area (Å²) in [6, 6.07) is 1.47. The van der Waals surface area contributed by atoms with Crippen molar-refractivity contribution in [2.24, 2.45) is 14.1 Å². The van der Waals surface area contributed by atoms with Crippen LogP contribution in [0.4, 0.5) is 17.6 Å². The molecule has 1 unspecified atom stereocenters. The van der Waals surface area contributed by atoms with Crippen molar-refractivity contribution in [3.63, 3.8) is 0 Å². The van der Waals surface area contributed by atoms with Crippen molar-refractivity contribution in [3.8, 4) is 11.3 Å². The number of benzene rings is 1. The third-order valence-electron chi connectivity index (χ3n) is 6.44. The lowest BCUT2D eigenvalue weighted by Crippen LogP contribution is -2.39. The Morgan fingerprint density at radius 3 is 2.41 bits per heavy atom. The maximum atomic E-state index is 13.8. The van der Waals surface area contributed by atoms with E-state index in [9.17, 15) is 22.4 Å². The average Bonchev–Trinajstić information content (AvgIpc) is 3.16. The molecule has 1 amide bonds. The molecule has 1 aliphatic heterocycles. The molecule has 1 saturated carbocycles.